The van der Waals surface area contributed by atoms with E-state index in [1.807, 2.05) is 6.92 Å². The molecule has 0 fully saturated rings. The molecule has 54 valence electrons. The summed E-state index contributed by atoms with van der Waals surface area (Å²) in [5, 5.41) is 2.72. The Hall–Kier alpha value is -0.530. The molecule has 0 saturated heterocycles. The Balaban J connectivity index is 3.44. The van der Waals surface area contributed by atoms with Crippen molar-refractivity contribution in [3.05, 3.63) is 0 Å². The number of carbonyl (C=O) groups is 1. The number of rotatable bonds is 4. The van der Waals surface area contributed by atoms with Crippen molar-refractivity contribution in [1.82, 2.24) is 5.32 Å². The smallest absolute Gasteiger partial charge is 0.207 e. The maximum Gasteiger partial charge on any atom is 0.207 e. The number of nitrogens with one attached hydrogen (secondary N) is 1. The maximum atomic E-state index is 9.92. The molecule has 0 aliphatic rings. The predicted octanol–water partition coefficient (Wildman–Crippen LogP) is 1.17. The van der Waals surface area contributed by atoms with Gasteiger partial charge in [0.1, 0.15) is 0 Å². The minimum absolute atomic E-state index is 0.312. The summed E-state index contributed by atoms with van der Waals surface area (Å²) in [5.41, 5.74) is 0. The van der Waals surface area contributed by atoms with Gasteiger partial charge in [-0.15, -0.1) is 0 Å². The van der Waals surface area contributed by atoms with Gasteiger partial charge in [-0.3, -0.25) is 4.79 Å². The molecule has 1 amide bonds. The van der Waals surface area contributed by atoms with Crippen molar-refractivity contribution in [3.8, 4) is 0 Å². The summed E-state index contributed by atoms with van der Waals surface area (Å²) >= 11 is 0. The van der Waals surface area contributed by atoms with E-state index < -0.39 is 0 Å². The Bertz CT molecular complexity index is 83.0. The highest BCUT2D eigenvalue weighted by atomic mass is 16.1. The van der Waals surface area contributed by atoms with Crippen molar-refractivity contribution in [2.24, 2.45) is 5.92 Å². The van der Waals surface area contributed by atoms with Gasteiger partial charge in [0.2, 0.25) is 6.41 Å². The molecule has 2 nitrogen and oxygen atoms in total. The highest BCUT2D eigenvalue weighted by molar-refractivity contribution is 5.46. The van der Waals surface area contributed by atoms with Gasteiger partial charge < -0.3 is 5.32 Å². The van der Waals surface area contributed by atoms with Crippen LogP contribution >= 0.6 is 0 Å². The molecule has 0 aliphatic carbocycles. The first kappa shape index (κ1) is 8.47. The van der Waals surface area contributed by atoms with E-state index in [1.54, 1.807) is 0 Å². The van der Waals surface area contributed by atoms with Gasteiger partial charge in [0.15, 0.2) is 0 Å². The fourth-order valence-corrected chi connectivity index (χ4v) is 0.625. The second-order valence-corrected chi connectivity index (χ2v) is 2.46. The lowest BCUT2D eigenvalue weighted by molar-refractivity contribution is -0.110. The number of hydrogen-bond donors (Lipinski definition) is 1. The highest BCUT2D eigenvalue weighted by Gasteiger charge is 2.06. The maximum absolute atomic E-state index is 9.92. The van der Waals surface area contributed by atoms with E-state index in [0.29, 0.717) is 12.0 Å². The van der Waals surface area contributed by atoms with Gasteiger partial charge in [0, 0.05) is 6.04 Å². The van der Waals surface area contributed by atoms with Crippen molar-refractivity contribution in [3.63, 3.8) is 0 Å². The fourth-order valence-electron chi connectivity index (χ4n) is 0.625. The van der Waals surface area contributed by atoms with Gasteiger partial charge in [-0.25, -0.2) is 0 Å². The summed E-state index contributed by atoms with van der Waals surface area (Å²) < 4.78 is 0. The van der Waals surface area contributed by atoms with Crippen molar-refractivity contribution in [2.75, 3.05) is 0 Å². The molecule has 0 aliphatic heterocycles. The summed E-state index contributed by atoms with van der Waals surface area (Å²) in [6.07, 6.45) is 1.87. The van der Waals surface area contributed by atoms with Crippen LogP contribution in [0.1, 0.15) is 27.2 Å². The van der Waals surface area contributed by atoms with E-state index >= 15 is 0 Å². The summed E-state index contributed by atoms with van der Waals surface area (Å²) in [5.74, 6) is 0.579. The van der Waals surface area contributed by atoms with Crippen molar-refractivity contribution in [1.29, 1.82) is 0 Å². The molecule has 0 aromatic rings. The molecule has 0 radical (unpaired) electrons. The molecule has 0 rings (SSSR count). The van der Waals surface area contributed by atoms with Gasteiger partial charge in [-0.2, -0.15) is 0 Å². The van der Waals surface area contributed by atoms with Crippen LogP contribution in [-0.2, 0) is 4.79 Å². The minimum Gasteiger partial charge on any atom is -0.356 e. The molecule has 0 spiro atoms. The van der Waals surface area contributed by atoms with E-state index in [-0.39, 0.29) is 0 Å². The van der Waals surface area contributed by atoms with E-state index in [0.717, 1.165) is 12.8 Å². The Labute approximate surface area is 56.6 Å². The molecule has 0 saturated carbocycles. The van der Waals surface area contributed by atoms with Crippen LogP contribution in [0.3, 0.4) is 0 Å². The summed E-state index contributed by atoms with van der Waals surface area (Å²) in [4.78, 5) is 9.92. The van der Waals surface area contributed by atoms with Crippen LogP contribution in [0, 0.1) is 5.92 Å². The lowest BCUT2D eigenvalue weighted by atomic mass is 10.0. The van der Waals surface area contributed by atoms with E-state index in [1.165, 1.54) is 0 Å². The van der Waals surface area contributed by atoms with Crippen molar-refractivity contribution in [2.45, 2.75) is 33.2 Å². The Morgan fingerprint density at radius 1 is 1.56 bits per heavy atom. The average Bonchev–Trinajstić information content (AvgIpc) is 1.87. The molecule has 0 bridgehead atoms. The van der Waals surface area contributed by atoms with Crippen LogP contribution in [0.25, 0.3) is 0 Å². The third-order valence-corrected chi connectivity index (χ3v) is 1.83. The van der Waals surface area contributed by atoms with E-state index in [4.69, 9.17) is 0 Å². The SMILES string of the molecule is CCC(C)C(C)NC=O. The van der Waals surface area contributed by atoms with E-state index in [2.05, 4.69) is 19.2 Å². The number of carbonyl (C=O) groups excluding carboxylic acids is 1. The zero-order chi connectivity index (χ0) is 7.28. The van der Waals surface area contributed by atoms with Gasteiger partial charge in [0.25, 0.3) is 0 Å². The molecule has 0 heterocycles. The molecule has 0 aromatic heterocycles. The minimum atomic E-state index is 0.312. The zero-order valence-corrected chi connectivity index (χ0v) is 6.35. The van der Waals surface area contributed by atoms with Crippen LogP contribution in [0.15, 0.2) is 0 Å². The molecule has 2 atom stereocenters. The molecule has 2 heteroatoms. The molecule has 1 N–H and O–H groups in total. The number of amides is 1. The predicted molar refractivity (Wildman–Crippen MR) is 38.1 cm³/mol. The van der Waals surface area contributed by atoms with Crippen LogP contribution in [0.2, 0.25) is 0 Å². The van der Waals surface area contributed by atoms with Crippen LogP contribution < -0.4 is 5.32 Å². The number of hydrogen-bond acceptors (Lipinski definition) is 1. The average molecular weight is 129 g/mol. The Morgan fingerprint density at radius 3 is 2.44 bits per heavy atom. The third-order valence-electron chi connectivity index (χ3n) is 1.83. The quantitative estimate of drug-likeness (QED) is 0.567. The van der Waals surface area contributed by atoms with Gasteiger partial charge in [0.05, 0.1) is 0 Å². The van der Waals surface area contributed by atoms with Crippen molar-refractivity contribution < 1.29 is 4.79 Å². The monoisotopic (exact) mass is 129 g/mol. The molecule has 9 heavy (non-hydrogen) atoms. The summed E-state index contributed by atoms with van der Waals surface area (Å²) in [7, 11) is 0. The molecular weight excluding hydrogens is 114 g/mol. The van der Waals surface area contributed by atoms with Crippen LogP contribution in [0.4, 0.5) is 0 Å². The summed E-state index contributed by atoms with van der Waals surface area (Å²) in [6.45, 7) is 6.26. The second-order valence-electron chi connectivity index (χ2n) is 2.46. The van der Waals surface area contributed by atoms with Gasteiger partial charge in [-0.05, 0) is 12.8 Å². The Kier molecular flexibility index (Phi) is 4.10. The zero-order valence-electron chi connectivity index (χ0n) is 6.35. The topological polar surface area (TPSA) is 29.1 Å². The Morgan fingerprint density at radius 2 is 2.11 bits per heavy atom. The van der Waals surface area contributed by atoms with Gasteiger partial charge in [-0.1, -0.05) is 20.3 Å². The standard InChI is InChI=1S/C7H15NO/c1-4-6(2)7(3)8-5-9/h5-7H,4H2,1-3H3,(H,8,9). The van der Waals surface area contributed by atoms with Crippen LogP contribution in [-0.4, -0.2) is 12.5 Å². The highest BCUT2D eigenvalue weighted by Crippen LogP contribution is 2.04. The first-order valence-electron chi connectivity index (χ1n) is 3.42. The second kappa shape index (κ2) is 4.36. The van der Waals surface area contributed by atoms with Gasteiger partial charge >= 0.3 is 0 Å². The first-order valence-corrected chi connectivity index (χ1v) is 3.42. The third kappa shape index (κ3) is 3.12. The van der Waals surface area contributed by atoms with Crippen molar-refractivity contribution >= 4 is 6.41 Å². The largest absolute Gasteiger partial charge is 0.356 e. The first-order chi connectivity index (χ1) is 4.22. The normalized spacial score (nSPS) is 16.3. The van der Waals surface area contributed by atoms with E-state index in [9.17, 15) is 4.79 Å². The van der Waals surface area contributed by atoms with Crippen LogP contribution in [0.5, 0.6) is 0 Å². The lowest BCUT2D eigenvalue weighted by Crippen LogP contribution is -2.30. The molecule has 0 aromatic carbocycles. The summed E-state index contributed by atoms with van der Waals surface area (Å²) in [6, 6.07) is 0.312. The molecular formula is C7H15NO. The lowest BCUT2D eigenvalue weighted by Gasteiger charge is -2.16. The molecule has 2 unspecified atom stereocenters. The fraction of sp³-hybridized carbons (Fsp3) is 0.857.